The lowest BCUT2D eigenvalue weighted by atomic mass is 9.87. The number of carboxylic acid groups (broad SMARTS) is 1. The number of nitrogens with one attached hydrogen (secondary N) is 1. The van der Waals surface area contributed by atoms with Crippen molar-refractivity contribution in [2.24, 2.45) is 5.92 Å². The molecular weight excluding hydrogens is 575 g/mol. The normalized spacial score (nSPS) is 14.4. The molecule has 1 aromatic carbocycles. The largest absolute Gasteiger partial charge is 0.490 e. The molecule has 1 aliphatic rings. The summed E-state index contributed by atoms with van der Waals surface area (Å²) < 4.78 is 60.7. The van der Waals surface area contributed by atoms with Crippen LogP contribution in [0.15, 0.2) is 35.4 Å². The smallest absolute Gasteiger partial charge is 0.475 e. The summed E-state index contributed by atoms with van der Waals surface area (Å²) in [5.74, 6) is -2.04. The van der Waals surface area contributed by atoms with Crippen molar-refractivity contribution < 1.29 is 31.5 Å². The number of hydrogen-bond donors (Lipinski definition) is 2. The quantitative estimate of drug-likeness (QED) is 0.285. The molecule has 0 radical (unpaired) electrons. The molecule has 13 heteroatoms. The molecule has 0 aliphatic heterocycles. The minimum atomic E-state index is -5.08. The number of aliphatic carboxylic acids is 1. The lowest BCUT2D eigenvalue weighted by molar-refractivity contribution is -0.192. The van der Waals surface area contributed by atoms with E-state index < -0.39 is 22.2 Å². The molecule has 7 nitrogen and oxygen atoms in total. The van der Waals surface area contributed by atoms with Crippen LogP contribution >= 0.6 is 22.9 Å². The van der Waals surface area contributed by atoms with E-state index >= 15 is 0 Å². The summed E-state index contributed by atoms with van der Waals surface area (Å²) in [6.45, 7) is 5.60. The molecule has 1 saturated carbocycles. The van der Waals surface area contributed by atoms with E-state index in [-0.39, 0.29) is 4.90 Å². The molecule has 1 fully saturated rings. The second-order valence-corrected chi connectivity index (χ2v) is 12.5. The van der Waals surface area contributed by atoms with E-state index in [2.05, 4.69) is 9.71 Å². The van der Waals surface area contributed by atoms with Crippen LogP contribution in [0.3, 0.4) is 0 Å². The lowest BCUT2D eigenvalue weighted by Gasteiger charge is -2.20. The summed E-state index contributed by atoms with van der Waals surface area (Å²) in [7, 11) is -3.78. The van der Waals surface area contributed by atoms with Crippen LogP contribution in [0, 0.1) is 26.7 Å². The number of alkyl halides is 3. The fourth-order valence-electron chi connectivity index (χ4n) is 4.30. The van der Waals surface area contributed by atoms with Crippen LogP contribution in [-0.2, 0) is 21.2 Å². The second-order valence-electron chi connectivity index (χ2n) is 9.45. The number of thiazole rings is 1. The summed E-state index contributed by atoms with van der Waals surface area (Å²) in [5, 5.41) is 8.63. The van der Waals surface area contributed by atoms with Crippen molar-refractivity contribution in [3.05, 3.63) is 57.4 Å². The predicted molar refractivity (Wildman–Crippen MR) is 146 cm³/mol. The Balaban J connectivity index is 0.000000532. The van der Waals surface area contributed by atoms with Crippen LogP contribution in [-0.4, -0.2) is 35.6 Å². The summed E-state index contributed by atoms with van der Waals surface area (Å²) >= 11 is 7.66. The number of aromatic nitrogens is 2. The number of carboxylic acids is 1. The van der Waals surface area contributed by atoms with Gasteiger partial charge in [-0.2, -0.15) is 13.2 Å². The second kappa shape index (κ2) is 12.6. The van der Waals surface area contributed by atoms with Crippen LogP contribution in [0.5, 0.6) is 0 Å². The average Bonchev–Trinajstić information content (AvgIpc) is 3.21. The molecule has 0 amide bonds. The highest BCUT2D eigenvalue weighted by Gasteiger charge is 2.38. The molecule has 3 aromatic rings. The first-order valence-electron chi connectivity index (χ1n) is 12.2. The van der Waals surface area contributed by atoms with Crippen molar-refractivity contribution in [1.29, 1.82) is 0 Å². The Morgan fingerprint density at radius 3 is 2.36 bits per heavy atom. The van der Waals surface area contributed by atoms with Gasteiger partial charge in [0.25, 0.3) is 10.0 Å². The Kier molecular flexibility index (Phi) is 10.0. The number of aryl methyl sites for hydroxylation is 3. The lowest BCUT2D eigenvalue weighted by Crippen LogP contribution is -2.21. The fourth-order valence-corrected chi connectivity index (χ4v) is 6.89. The van der Waals surface area contributed by atoms with Crippen molar-refractivity contribution in [3.8, 4) is 10.4 Å². The minimum Gasteiger partial charge on any atom is -0.475 e. The van der Waals surface area contributed by atoms with E-state index in [9.17, 15) is 21.6 Å². The van der Waals surface area contributed by atoms with Gasteiger partial charge >= 0.3 is 12.1 Å². The van der Waals surface area contributed by atoms with E-state index in [1.54, 1.807) is 37.3 Å². The zero-order chi connectivity index (χ0) is 29.0. The molecule has 0 spiro atoms. The third-order valence-corrected chi connectivity index (χ3v) is 9.43. The highest BCUT2D eigenvalue weighted by Crippen LogP contribution is 2.35. The maximum atomic E-state index is 13.2. The summed E-state index contributed by atoms with van der Waals surface area (Å²) in [4.78, 5) is 19.0. The molecule has 0 atom stereocenters. The highest BCUT2D eigenvalue weighted by molar-refractivity contribution is 7.92. The number of carbonyl (C=O) groups is 1. The van der Waals surface area contributed by atoms with Crippen molar-refractivity contribution >= 4 is 44.6 Å². The van der Waals surface area contributed by atoms with Gasteiger partial charge in [-0.1, -0.05) is 55.8 Å². The Hall–Kier alpha value is -2.70. The molecule has 0 bridgehead atoms. The fraction of sp³-hybridized carbons (Fsp3) is 0.423. The van der Waals surface area contributed by atoms with Crippen LogP contribution in [0.4, 0.5) is 18.9 Å². The summed E-state index contributed by atoms with van der Waals surface area (Å²) in [6, 6.07) is 7.26. The number of rotatable bonds is 6. The number of nitrogens with zero attached hydrogens (tertiary/aromatic N) is 2. The standard InChI is InChI=1S/C24H28ClN3O2S2.C2HF3O2/c1-15-9-10-19(23-17(3)27-22(31-23)12-18-7-5-4-6-8-18)13-21(15)32(29,30)28-20-11-16(2)24(25)26-14-20;3-2(4,5)1(6)7/h9-11,13-14,18,28H,4-8,12H2,1-3H3;(H,6,7). The van der Waals surface area contributed by atoms with E-state index in [0.717, 1.165) is 33.5 Å². The van der Waals surface area contributed by atoms with Gasteiger partial charge in [-0.15, -0.1) is 11.3 Å². The van der Waals surface area contributed by atoms with Crippen LogP contribution < -0.4 is 4.72 Å². The molecule has 2 aromatic heterocycles. The van der Waals surface area contributed by atoms with Gasteiger partial charge in [0.2, 0.25) is 0 Å². The molecule has 0 saturated heterocycles. The molecule has 2 N–H and O–H groups in total. The van der Waals surface area contributed by atoms with Crippen molar-refractivity contribution in [2.75, 3.05) is 4.72 Å². The van der Waals surface area contributed by atoms with E-state index in [1.165, 1.54) is 38.3 Å². The molecule has 0 unspecified atom stereocenters. The third-order valence-electron chi connectivity index (χ3n) is 6.28. The van der Waals surface area contributed by atoms with Gasteiger partial charge in [0, 0.05) is 6.42 Å². The first kappa shape index (κ1) is 30.8. The molecule has 4 rings (SSSR count). The Morgan fingerprint density at radius 1 is 1.13 bits per heavy atom. The van der Waals surface area contributed by atoms with Crippen LogP contribution in [0.1, 0.15) is 53.9 Å². The Morgan fingerprint density at radius 2 is 1.77 bits per heavy atom. The topological polar surface area (TPSA) is 109 Å². The number of pyridine rings is 1. The van der Waals surface area contributed by atoms with Gasteiger partial charge < -0.3 is 5.11 Å². The summed E-state index contributed by atoms with van der Waals surface area (Å²) in [6.07, 6.45) is 3.91. The number of benzene rings is 1. The van der Waals surface area contributed by atoms with Gasteiger partial charge in [0.1, 0.15) is 5.15 Å². The van der Waals surface area contributed by atoms with Gasteiger partial charge in [0.05, 0.1) is 32.4 Å². The number of anilines is 1. The predicted octanol–water partition coefficient (Wildman–Crippen LogP) is 7.34. The number of halogens is 4. The molecule has 1 aliphatic carbocycles. The van der Waals surface area contributed by atoms with E-state index in [1.807, 2.05) is 19.1 Å². The van der Waals surface area contributed by atoms with Crippen molar-refractivity contribution in [2.45, 2.75) is 70.4 Å². The molecule has 39 heavy (non-hydrogen) atoms. The summed E-state index contributed by atoms with van der Waals surface area (Å²) in [5.41, 5.74) is 3.62. The molecular formula is C26H29ClF3N3O4S2. The van der Waals surface area contributed by atoms with Gasteiger partial charge in [-0.25, -0.2) is 23.2 Å². The van der Waals surface area contributed by atoms with E-state index in [4.69, 9.17) is 26.5 Å². The number of hydrogen-bond acceptors (Lipinski definition) is 6. The van der Waals surface area contributed by atoms with Gasteiger partial charge in [-0.05, 0) is 55.5 Å². The third kappa shape index (κ3) is 8.39. The SMILES string of the molecule is Cc1ccc(-c2sc(CC3CCCCC3)nc2C)cc1S(=O)(=O)Nc1cnc(Cl)c(C)c1.O=C(O)C(F)(F)F. The average molecular weight is 604 g/mol. The van der Waals surface area contributed by atoms with Crippen LogP contribution in [0.2, 0.25) is 5.15 Å². The van der Waals surface area contributed by atoms with Gasteiger partial charge in [0.15, 0.2) is 0 Å². The molecule has 2 heterocycles. The van der Waals surface area contributed by atoms with E-state index in [0.29, 0.717) is 22.0 Å². The van der Waals surface area contributed by atoms with Crippen molar-refractivity contribution in [3.63, 3.8) is 0 Å². The zero-order valence-electron chi connectivity index (χ0n) is 21.6. The van der Waals surface area contributed by atoms with Gasteiger partial charge in [-0.3, -0.25) is 4.72 Å². The Bertz CT molecular complexity index is 1440. The Labute approximate surface area is 234 Å². The highest BCUT2D eigenvalue weighted by atomic mass is 35.5. The van der Waals surface area contributed by atoms with Crippen LogP contribution in [0.25, 0.3) is 10.4 Å². The number of sulfonamides is 1. The van der Waals surface area contributed by atoms with Crippen molar-refractivity contribution in [1.82, 2.24) is 9.97 Å². The minimum absolute atomic E-state index is 0.254. The first-order chi connectivity index (χ1) is 18.2. The maximum absolute atomic E-state index is 13.2. The first-order valence-corrected chi connectivity index (χ1v) is 14.9. The monoisotopic (exact) mass is 603 g/mol. The maximum Gasteiger partial charge on any atom is 0.490 e. The zero-order valence-corrected chi connectivity index (χ0v) is 24.0. The molecule has 212 valence electrons.